The maximum atomic E-state index is 13.8. The molecular weight excluding hydrogens is 553 g/mol. The number of likely N-dealkylation sites (N-methyl/N-ethyl adjacent to an activating group) is 1. The molecule has 0 saturated carbocycles. The van der Waals surface area contributed by atoms with Gasteiger partial charge in [-0.15, -0.1) is 0 Å². The molecule has 4 aromatic carbocycles. The second-order valence-corrected chi connectivity index (χ2v) is 11.7. The van der Waals surface area contributed by atoms with E-state index in [0.29, 0.717) is 39.4 Å². The molecule has 1 unspecified atom stereocenters. The van der Waals surface area contributed by atoms with Gasteiger partial charge in [-0.05, 0) is 97.0 Å². The zero-order valence-corrected chi connectivity index (χ0v) is 24.6. The van der Waals surface area contributed by atoms with Crippen LogP contribution in [0.2, 0.25) is 10.0 Å². The number of piperidine rings is 1. The summed E-state index contributed by atoms with van der Waals surface area (Å²) >= 11 is 12.6. The number of carbonyl (C=O) groups excluding carboxylic acids is 1. The lowest BCUT2D eigenvalue weighted by atomic mass is 9.88. The van der Waals surface area contributed by atoms with Gasteiger partial charge in [0.2, 0.25) is 0 Å². The molecule has 1 amide bonds. The van der Waals surface area contributed by atoms with Crippen LogP contribution in [0.1, 0.15) is 58.1 Å². The Morgan fingerprint density at radius 3 is 2.49 bits per heavy atom. The number of phenols is 1. The fourth-order valence-electron chi connectivity index (χ4n) is 5.94. The lowest BCUT2D eigenvalue weighted by Gasteiger charge is -2.34. The third-order valence-corrected chi connectivity index (χ3v) is 8.97. The van der Waals surface area contributed by atoms with Crippen LogP contribution < -0.4 is 0 Å². The number of hydrogen-bond acceptors (Lipinski definition) is 4. The van der Waals surface area contributed by atoms with Gasteiger partial charge >= 0.3 is 0 Å². The van der Waals surface area contributed by atoms with Crippen molar-refractivity contribution in [2.45, 2.75) is 31.1 Å². The van der Waals surface area contributed by atoms with Crippen molar-refractivity contribution in [3.8, 4) is 11.8 Å². The Morgan fingerprint density at radius 1 is 1.02 bits per heavy atom. The molecule has 1 aliphatic rings. The van der Waals surface area contributed by atoms with Crippen LogP contribution in [0.5, 0.6) is 5.75 Å². The molecule has 0 spiro atoms. The summed E-state index contributed by atoms with van der Waals surface area (Å²) in [6, 6.07) is 26.7. The Hall–Kier alpha value is -3.56. The third kappa shape index (κ3) is 6.68. The molecule has 1 fully saturated rings. The van der Waals surface area contributed by atoms with Gasteiger partial charge in [0.1, 0.15) is 5.75 Å². The number of phenolic OH excluding ortho intramolecular Hbond substituents is 1. The van der Waals surface area contributed by atoms with E-state index in [1.54, 1.807) is 17.0 Å². The number of amides is 1. The molecule has 1 aliphatic heterocycles. The smallest absolute Gasteiger partial charge is 0.254 e. The van der Waals surface area contributed by atoms with Crippen LogP contribution in [0.25, 0.3) is 10.8 Å². The summed E-state index contributed by atoms with van der Waals surface area (Å²) in [7, 11) is 1.82. The SMILES string of the molecule is CN(CC(CCN1CCC(c2ccccc2O)CC1)c1ccc(Cl)c(Cl)c1)C(=O)c1cc(C#N)cc2ccccc12. The zero-order chi connectivity index (χ0) is 28.9. The van der Waals surface area contributed by atoms with Crippen molar-refractivity contribution < 1.29 is 9.90 Å². The van der Waals surface area contributed by atoms with Crippen LogP contribution in [0.15, 0.2) is 78.9 Å². The van der Waals surface area contributed by atoms with E-state index < -0.39 is 0 Å². The van der Waals surface area contributed by atoms with E-state index in [4.69, 9.17) is 23.2 Å². The molecule has 0 aromatic heterocycles. The monoisotopic (exact) mass is 585 g/mol. The van der Waals surface area contributed by atoms with Gasteiger partial charge in [-0.2, -0.15) is 5.26 Å². The van der Waals surface area contributed by atoms with Gasteiger partial charge in [0.05, 0.1) is 21.7 Å². The van der Waals surface area contributed by atoms with E-state index in [-0.39, 0.29) is 11.8 Å². The molecular formula is C34H33Cl2N3O2. The molecule has 1 saturated heterocycles. The third-order valence-electron chi connectivity index (χ3n) is 8.24. The lowest BCUT2D eigenvalue weighted by Crippen LogP contribution is -2.36. The summed E-state index contributed by atoms with van der Waals surface area (Å²) in [5.41, 5.74) is 3.07. The minimum atomic E-state index is -0.119. The maximum Gasteiger partial charge on any atom is 0.254 e. The minimum Gasteiger partial charge on any atom is -0.508 e. The molecule has 0 bridgehead atoms. The van der Waals surface area contributed by atoms with Gasteiger partial charge in [0.25, 0.3) is 5.91 Å². The van der Waals surface area contributed by atoms with Crippen molar-refractivity contribution in [2.75, 3.05) is 33.2 Å². The first-order valence-corrected chi connectivity index (χ1v) is 14.7. The molecule has 0 aliphatic carbocycles. The fourth-order valence-corrected chi connectivity index (χ4v) is 6.25. The molecule has 1 atom stereocenters. The average Bonchev–Trinajstić information content (AvgIpc) is 3.00. The van der Waals surface area contributed by atoms with Gasteiger partial charge in [-0.1, -0.05) is 71.7 Å². The Bertz CT molecular complexity index is 1590. The highest BCUT2D eigenvalue weighted by atomic mass is 35.5. The number of para-hydroxylation sites is 1. The van der Waals surface area contributed by atoms with Crippen molar-refractivity contribution in [3.63, 3.8) is 0 Å². The fraction of sp³-hybridized carbons (Fsp3) is 0.294. The van der Waals surface area contributed by atoms with E-state index in [0.717, 1.165) is 60.8 Å². The number of rotatable bonds is 8. The van der Waals surface area contributed by atoms with Crippen LogP contribution in [0.4, 0.5) is 0 Å². The van der Waals surface area contributed by atoms with E-state index in [1.807, 2.05) is 73.8 Å². The van der Waals surface area contributed by atoms with Gasteiger partial charge in [-0.25, -0.2) is 0 Å². The van der Waals surface area contributed by atoms with Crippen molar-refractivity contribution in [1.82, 2.24) is 9.80 Å². The second-order valence-electron chi connectivity index (χ2n) is 10.9. The molecule has 41 heavy (non-hydrogen) atoms. The van der Waals surface area contributed by atoms with Crippen LogP contribution in [-0.4, -0.2) is 54.0 Å². The quantitative estimate of drug-likeness (QED) is 0.228. The Morgan fingerprint density at radius 2 is 1.76 bits per heavy atom. The van der Waals surface area contributed by atoms with Crippen molar-refractivity contribution >= 4 is 39.9 Å². The van der Waals surface area contributed by atoms with Gasteiger partial charge in [0, 0.05) is 25.1 Å². The molecule has 4 aromatic rings. The molecule has 1 heterocycles. The number of carbonyl (C=O) groups is 1. The number of aromatic hydroxyl groups is 1. The predicted octanol–water partition coefficient (Wildman–Crippen LogP) is 7.85. The van der Waals surface area contributed by atoms with Gasteiger partial charge in [-0.3, -0.25) is 4.79 Å². The number of benzene rings is 4. The summed E-state index contributed by atoms with van der Waals surface area (Å²) < 4.78 is 0. The summed E-state index contributed by atoms with van der Waals surface area (Å²) in [5.74, 6) is 0.666. The number of nitriles is 1. The van der Waals surface area contributed by atoms with Crippen LogP contribution in [0.3, 0.4) is 0 Å². The maximum absolute atomic E-state index is 13.8. The molecule has 5 rings (SSSR count). The van der Waals surface area contributed by atoms with Crippen molar-refractivity contribution in [3.05, 3.63) is 111 Å². The first-order chi connectivity index (χ1) is 19.8. The Kier molecular flexibility index (Phi) is 9.15. The Balaban J connectivity index is 1.31. The standard InChI is InChI=1S/C34H33Cl2N3O2/c1-38(34(41)30-19-23(21-37)18-26-6-2-3-7-28(26)30)22-27(25-10-11-31(35)32(36)20-25)14-17-39-15-12-24(13-16-39)29-8-4-5-9-33(29)40/h2-11,18-20,24,27,40H,12-17,22H2,1H3. The topological polar surface area (TPSA) is 67.6 Å². The van der Waals surface area contributed by atoms with Crippen LogP contribution in [0, 0.1) is 11.3 Å². The largest absolute Gasteiger partial charge is 0.508 e. The molecule has 210 valence electrons. The van der Waals surface area contributed by atoms with Crippen molar-refractivity contribution in [1.29, 1.82) is 5.26 Å². The van der Waals surface area contributed by atoms with E-state index in [1.165, 1.54) is 0 Å². The Labute approximate surface area is 251 Å². The summed E-state index contributed by atoms with van der Waals surface area (Å²) in [4.78, 5) is 18.0. The molecule has 1 N–H and O–H groups in total. The van der Waals surface area contributed by atoms with E-state index in [2.05, 4.69) is 11.0 Å². The first-order valence-electron chi connectivity index (χ1n) is 14.0. The number of likely N-dealkylation sites (tertiary alicyclic amines) is 1. The predicted molar refractivity (Wildman–Crippen MR) is 166 cm³/mol. The van der Waals surface area contributed by atoms with E-state index >= 15 is 0 Å². The molecule has 5 nitrogen and oxygen atoms in total. The normalized spacial score (nSPS) is 15.0. The minimum absolute atomic E-state index is 0.0417. The van der Waals surface area contributed by atoms with Crippen LogP contribution in [-0.2, 0) is 0 Å². The number of fused-ring (bicyclic) bond motifs is 1. The molecule has 7 heteroatoms. The number of hydrogen-bond donors (Lipinski definition) is 1. The van der Waals surface area contributed by atoms with Crippen LogP contribution >= 0.6 is 23.2 Å². The van der Waals surface area contributed by atoms with Crippen molar-refractivity contribution in [2.24, 2.45) is 0 Å². The number of nitrogens with zero attached hydrogens (tertiary/aromatic N) is 3. The second kappa shape index (κ2) is 13.0. The highest BCUT2D eigenvalue weighted by Gasteiger charge is 2.25. The lowest BCUT2D eigenvalue weighted by molar-refractivity contribution is 0.0783. The highest BCUT2D eigenvalue weighted by molar-refractivity contribution is 6.42. The average molecular weight is 587 g/mol. The van der Waals surface area contributed by atoms with E-state index in [9.17, 15) is 15.2 Å². The summed E-state index contributed by atoms with van der Waals surface area (Å²) in [6.07, 6.45) is 2.83. The van der Waals surface area contributed by atoms with Gasteiger partial charge < -0.3 is 14.9 Å². The van der Waals surface area contributed by atoms with Gasteiger partial charge in [0.15, 0.2) is 0 Å². The first kappa shape index (κ1) is 29.0. The number of halogens is 2. The zero-order valence-electron chi connectivity index (χ0n) is 23.1. The highest BCUT2D eigenvalue weighted by Crippen LogP contribution is 2.34. The molecule has 0 radical (unpaired) electrons. The summed E-state index contributed by atoms with van der Waals surface area (Å²) in [5, 5.41) is 22.6. The summed E-state index contributed by atoms with van der Waals surface area (Å²) in [6.45, 7) is 3.28.